The zero-order chi connectivity index (χ0) is 70.6. The number of ketones is 3. The van der Waals surface area contributed by atoms with Crippen LogP contribution in [-0.4, -0.2) is 136 Å². The summed E-state index contributed by atoms with van der Waals surface area (Å²) in [7, 11) is 0. The summed E-state index contributed by atoms with van der Waals surface area (Å²) in [5.41, 5.74) is 16.4. The first-order chi connectivity index (χ1) is 50.3. The fourth-order valence-corrected chi connectivity index (χ4v) is 17.2. The Balaban J connectivity index is 0.000000117. The average Bonchev–Trinajstić information content (AvgIpc) is 1.63. The summed E-state index contributed by atoms with van der Waals surface area (Å²) in [5, 5.41) is 14.4. The van der Waals surface area contributed by atoms with Crippen LogP contribution in [0.4, 0.5) is 16.2 Å². The van der Waals surface area contributed by atoms with Crippen LogP contribution < -0.4 is 15.1 Å². The third-order valence-corrected chi connectivity index (χ3v) is 22.7. The van der Waals surface area contributed by atoms with Crippen molar-refractivity contribution in [2.75, 3.05) is 62.2 Å². The number of carbonyl (C=O) groups is 4. The Labute approximate surface area is 616 Å². The smallest absolute Gasteiger partial charge is 0.410 e. The number of piperidine rings is 4. The second-order valence-corrected chi connectivity index (χ2v) is 30.0. The molecule has 19 heteroatoms. The molecule has 10 aromatic rings. The summed E-state index contributed by atoms with van der Waals surface area (Å²) in [6.45, 7) is 12.6. The van der Waals surface area contributed by atoms with Gasteiger partial charge in [-0.25, -0.2) is 24.7 Å². The number of benzene rings is 6. The normalized spacial score (nSPS) is 19.6. The number of aliphatic hydroxyl groups excluding tert-OH is 1. The summed E-state index contributed by atoms with van der Waals surface area (Å²) in [5.74, 6) is 1.82. The van der Waals surface area contributed by atoms with Crippen molar-refractivity contribution in [3.05, 3.63) is 230 Å². The van der Waals surface area contributed by atoms with E-state index in [1.807, 2.05) is 95.1 Å². The van der Waals surface area contributed by atoms with Crippen LogP contribution in [0.25, 0.3) is 45.0 Å². The first kappa shape index (κ1) is 71.2. The minimum Gasteiger partial charge on any atom is -0.444 e. The predicted octanol–water partition coefficient (Wildman–Crippen LogP) is 15.3. The van der Waals surface area contributed by atoms with E-state index in [0.29, 0.717) is 62.7 Å². The Morgan fingerprint density at radius 3 is 1.12 bits per heavy atom. The van der Waals surface area contributed by atoms with Crippen LogP contribution in [0, 0.1) is 23.7 Å². The minimum atomic E-state index is -0.498. The van der Waals surface area contributed by atoms with E-state index in [9.17, 15) is 24.3 Å². The van der Waals surface area contributed by atoms with Crippen LogP contribution >= 0.6 is 12.4 Å². The number of nitrogens with one attached hydrogen (secondary N) is 1. The molecular formula is C85H95ClN12O6. The predicted molar refractivity (Wildman–Crippen MR) is 409 cm³/mol. The van der Waals surface area contributed by atoms with Gasteiger partial charge in [0.15, 0.2) is 0 Å². The molecule has 18 rings (SSSR count). The SMILES string of the molecule is CC(C)(C)OC(=O)N1CCC(C(=O)CC2c3ccccc3-c3cncn32)CC1.Cl.O=C(CC1c2ccccc2-c2cncn21)C1CCN(c2ccccc2)CC1.O=C(CC1c2ccccc2-c2cncn21)C1CCNCC1.OC(CC1c2ccccc2-c2cncn21)C1CCN(c2ccccc2)CC1. The monoisotopic (exact) mass is 1410 g/mol. The lowest BCUT2D eigenvalue weighted by Gasteiger charge is -2.36. The van der Waals surface area contributed by atoms with Gasteiger partial charge in [-0.2, -0.15) is 0 Å². The Bertz CT molecular complexity index is 4590. The lowest BCUT2D eigenvalue weighted by Crippen LogP contribution is -2.43. The van der Waals surface area contributed by atoms with Gasteiger partial charge in [-0.3, -0.25) is 14.4 Å². The molecule has 5 unspecified atom stereocenters. The maximum atomic E-state index is 13.1. The molecule has 2 N–H and O–H groups in total. The fraction of sp³-hybridized carbons (Fsp3) is 0.388. The van der Waals surface area contributed by atoms with E-state index in [1.54, 1.807) is 4.90 Å². The number of likely N-dealkylation sites (tertiary alicyclic amines) is 1. The number of aliphatic hydroxyl groups is 1. The quantitative estimate of drug-likeness (QED) is 0.105. The van der Waals surface area contributed by atoms with Crippen molar-refractivity contribution in [3.8, 4) is 45.0 Å². The van der Waals surface area contributed by atoms with Gasteiger partial charge >= 0.3 is 6.09 Å². The first-order valence-corrected chi connectivity index (χ1v) is 37.3. The Morgan fingerprint density at radius 2 is 0.750 bits per heavy atom. The molecule has 4 saturated heterocycles. The van der Waals surface area contributed by atoms with Crippen LogP contribution in [-0.2, 0) is 19.1 Å². The molecule has 8 aliphatic rings. The Morgan fingerprint density at radius 1 is 0.433 bits per heavy atom. The number of carbonyl (C=O) groups excluding carboxylic acids is 4. The standard InChI is InChI=1S/C23H25N3O.C23H23N3O.C22H27N3O3.C17H19N3O.ClH/c2*27-23(17-10-12-25(13-11-17)18-6-2-1-3-7-18)14-21-19-8-4-5-9-20(19)22-15-24-16-26(21)22;1-22(2,3)28-21(27)24-10-8-15(9-11-24)20(26)12-18-16-6-4-5-7-17(16)19-13-23-14-25(18)19;21-17(12-5-7-18-8-6-12)9-15-13-3-1-2-4-14(13)16-10-19-11-20(15)16;/h1-9,15-17,21,23,27H,10-14H2;1-9,15-17,21H,10-14H2;4-7,13-15,18H,8-12H2,1-3H3;1-4,10-12,15,18H,5-9H2;1H. The zero-order valence-electron chi connectivity index (χ0n) is 59.8. The number of anilines is 2. The van der Waals surface area contributed by atoms with Gasteiger partial charge in [0.1, 0.15) is 23.0 Å². The molecule has 0 bridgehead atoms. The molecule has 8 aliphatic heterocycles. The minimum absolute atomic E-state index is 0. The molecule has 0 spiro atoms. The van der Waals surface area contributed by atoms with Crippen molar-refractivity contribution < 1.29 is 29.0 Å². The van der Waals surface area contributed by atoms with Crippen molar-refractivity contribution in [2.45, 2.75) is 134 Å². The number of aromatic nitrogens is 8. The van der Waals surface area contributed by atoms with Crippen molar-refractivity contribution in [1.29, 1.82) is 0 Å². The third-order valence-electron chi connectivity index (χ3n) is 22.7. The van der Waals surface area contributed by atoms with Crippen molar-refractivity contribution in [2.24, 2.45) is 23.7 Å². The molecule has 0 radical (unpaired) electrons. The molecule has 5 atom stereocenters. The molecule has 104 heavy (non-hydrogen) atoms. The van der Waals surface area contributed by atoms with Gasteiger partial charge in [-0.1, -0.05) is 133 Å². The van der Waals surface area contributed by atoms with E-state index in [-0.39, 0.29) is 72.3 Å². The lowest BCUT2D eigenvalue weighted by atomic mass is 9.86. The van der Waals surface area contributed by atoms with Gasteiger partial charge in [0.2, 0.25) is 0 Å². The van der Waals surface area contributed by atoms with E-state index < -0.39 is 5.60 Å². The van der Waals surface area contributed by atoms with Crippen LogP contribution in [0.15, 0.2) is 208 Å². The molecule has 18 nitrogen and oxygen atoms in total. The summed E-state index contributed by atoms with van der Waals surface area (Å²) < 4.78 is 14.1. The number of para-hydroxylation sites is 2. The molecule has 0 saturated carbocycles. The number of hydrogen-bond acceptors (Lipinski definition) is 13. The van der Waals surface area contributed by atoms with Crippen molar-refractivity contribution in [3.63, 3.8) is 0 Å². The number of imidazole rings is 4. The summed E-state index contributed by atoms with van der Waals surface area (Å²) >= 11 is 0. The van der Waals surface area contributed by atoms with E-state index in [4.69, 9.17) is 4.74 Å². The van der Waals surface area contributed by atoms with Crippen molar-refractivity contribution >= 4 is 47.2 Å². The number of hydrogen-bond donors (Lipinski definition) is 2. The summed E-state index contributed by atoms with van der Waals surface area (Å²) in [4.78, 5) is 74.7. The maximum Gasteiger partial charge on any atom is 0.410 e. The molecule has 538 valence electrons. The van der Waals surface area contributed by atoms with Crippen LogP contribution in [0.5, 0.6) is 0 Å². The highest BCUT2D eigenvalue weighted by molar-refractivity contribution is 5.86. The molecule has 4 fully saturated rings. The van der Waals surface area contributed by atoms with Crippen LogP contribution in [0.1, 0.15) is 144 Å². The van der Waals surface area contributed by atoms with Crippen LogP contribution in [0.3, 0.4) is 0 Å². The third kappa shape index (κ3) is 15.1. The number of Topliss-reactive ketones (excluding diaryl/α,β-unsaturated/α-hetero) is 3. The maximum absolute atomic E-state index is 13.1. The number of nitrogens with zero attached hydrogens (tertiary/aromatic N) is 11. The Hall–Kier alpha value is -9.75. The van der Waals surface area contributed by atoms with Gasteiger partial charge in [-0.05, 0) is 144 Å². The molecular weight excluding hydrogens is 1320 g/mol. The van der Waals surface area contributed by atoms with E-state index in [1.165, 1.54) is 56.0 Å². The largest absolute Gasteiger partial charge is 0.444 e. The van der Waals surface area contributed by atoms with Gasteiger partial charge in [0.25, 0.3) is 0 Å². The highest BCUT2D eigenvalue weighted by Crippen LogP contribution is 2.46. The molecule has 4 aromatic heterocycles. The van der Waals surface area contributed by atoms with Gasteiger partial charge in [0, 0.05) is 110 Å². The lowest BCUT2D eigenvalue weighted by molar-refractivity contribution is -0.125. The number of ether oxygens (including phenoxy) is 1. The number of halogens is 1. The molecule has 1 amide bonds. The second kappa shape index (κ2) is 31.7. The summed E-state index contributed by atoms with van der Waals surface area (Å²) in [6.07, 6.45) is 24.2. The number of amides is 1. The molecule has 0 aliphatic carbocycles. The van der Waals surface area contributed by atoms with Gasteiger partial charge in [-0.15, -0.1) is 12.4 Å². The fourth-order valence-electron chi connectivity index (χ4n) is 17.2. The highest BCUT2D eigenvalue weighted by atomic mass is 35.5. The molecule has 12 heterocycles. The van der Waals surface area contributed by atoms with Gasteiger partial charge < -0.3 is 48.1 Å². The molecule has 6 aromatic carbocycles. The number of fused-ring (bicyclic) bond motifs is 12. The average molecular weight is 1420 g/mol. The van der Waals surface area contributed by atoms with Crippen LogP contribution in [0.2, 0.25) is 0 Å². The summed E-state index contributed by atoms with van der Waals surface area (Å²) in [6, 6.07) is 55.1. The van der Waals surface area contributed by atoms with E-state index in [2.05, 4.69) is 187 Å². The first-order valence-electron chi connectivity index (χ1n) is 37.3. The second-order valence-electron chi connectivity index (χ2n) is 30.0. The van der Waals surface area contributed by atoms with Crippen molar-refractivity contribution in [1.82, 2.24) is 48.4 Å². The Kier molecular flexibility index (Phi) is 21.7. The highest BCUT2D eigenvalue weighted by Gasteiger charge is 2.39. The number of rotatable bonds is 14. The van der Waals surface area contributed by atoms with E-state index >= 15 is 0 Å². The van der Waals surface area contributed by atoms with E-state index in [0.717, 1.165) is 107 Å². The topological polar surface area (TPSA) is 191 Å². The van der Waals surface area contributed by atoms with Gasteiger partial charge in [0.05, 0.1) is 103 Å². The zero-order valence-corrected chi connectivity index (χ0v) is 60.6.